The number of rotatable bonds is 6. The third-order valence-corrected chi connectivity index (χ3v) is 3.44. The molecule has 0 heterocycles. The summed E-state index contributed by atoms with van der Waals surface area (Å²) in [7, 11) is 0. The molecule has 0 radical (unpaired) electrons. The van der Waals surface area contributed by atoms with Crippen molar-refractivity contribution in [3.05, 3.63) is 0 Å². The van der Waals surface area contributed by atoms with Crippen LogP contribution in [0.4, 0.5) is 0 Å². The van der Waals surface area contributed by atoms with Gasteiger partial charge < -0.3 is 0 Å². The van der Waals surface area contributed by atoms with E-state index in [1.165, 1.54) is 18.2 Å². The SMILES string of the molecule is O=C=NCC1CCC(CN=C=O)C(CN=C=O)C1. The lowest BCUT2D eigenvalue weighted by Gasteiger charge is -2.33. The summed E-state index contributed by atoms with van der Waals surface area (Å²) in [6.45, 7) is 1.28. The average Bonchev–Trinajstić information content (AvgIpc) is 2.41. The van der Waals surface area contributed by atoms with Gasteiger partial charge in [0.2, 0.25) is 18.2 Å². The molecule has 0 aromatic rings. The van der Waals surface area contributed by atoms with Crippen molar-refractivity contribution in [1.82, 2.24) is 0 Å². The number of nitrogens with zero attached hydrogens (tertiary/aromatic N) is 3. The van der Waals surface area contributed by atoms with E-state index >= 15 is 0 Å². The molecule has 3 unspecified atom stereocenters. The summed E-state index contributed by atoms with van der Waals surface area (Å²) >= 11 is 0. The minimum absolute atomic E-state index is 0.184. The number of aliphatic imine (C=N–C) groups is 3. The molecule has 1 aliphatic rings. The van der Waals surface area contributed by atoms with E-state index in [2.05, 4.69) is 15.0 Å². The number of hydrogen-bond donors (Lipinski definition) is 0. The Morgan fingerprint density at radius 1 is 0.778 bits per heavy atom. The molecule has 0 bridgehead atoms. The molecule has 0 amide bonds. The van der Waals surface area contributed by atoms with Gasteiger partial charge in [-0.15, -0.1) is 0 Å². The van der Waals surface area contributed by atoms with Gasteiger partial charge in [-0.05, 0) is 37.0 Å². The van der Waals surface area contributed by atoms with Gasteiger partial charge in [-0.2, -0.15) is 0 Å². The van der Waals surface area contributed by atoms with Gasteiger partial charge in [0.15, 0.2) is 0 Å². The first-order chi connectivity index (χ1) is 8.81. The van der Waals surface area contributed by atoms with Crippen molar-refractivity contribution in [2.24, 2.45) is 32.7 Å². The standard InChI is InChI=1S/C12H15N3O3/c16-7-13-4-10-1-2-11(5-14-8-17)12(3-10)6-15-9-18/h10-12H,1-6H2. The van der Waals surface area contributed by atoms with Crippen molar-refractivity contribution in [2.45, 2.75) is 19.3 Å². The van der Waals surface area contributed by atoms with Crippen LogP contribution in [0.3, 0.4) is 0 Å². The van der Waals surface area contributed by atoms with Gasteiger partial charge in [-0.25, -0.2) is 29.4 Å². The van der Waals surface area contributed by atoms with Crippen LogP contribution in [0, 0.1) is 17.8 Å². The van der Waals surface area contributed by atoms with Crippen LogP contribution in [0.25, 0.3) is 0 Å². The average molecular weight is 249 g/mol. The summed E-state index contributed by atoms with van der Waals surface area (Å²) in [5.41, 5.74) is 0. The highest BCUT2D eigenvalue weighted by Gasteiger charge is 2.30. The zero-order valence-corrected chi connectivity index (χ0v) is 10.0. The molecule has 0 saturated heterocycles. The van der Waals surface area contributed by atoms with E-state index in [4.69, 9.17) is 0 Å². The lowest BCUT2D eigenvalue weighted by Crippen LogP contribution is -2.30. The maximum absolute atomic E-state index is 10.2. The first-order valence-corrected chi connectivity index (χ1v) is 5.92. The topological polar surface area (TPSA) is 88.3 Å². The molecule has 1 saturated carbocycles. The molecule has 1 fully saturated rings. The normalized spacial score (nSPS) is 26.3. The van der Waals surface area contributed by atoms with E-state index in [1.54, 1.807) is 0 Å². The summed E-state index contributed by atoms with van der Waals surface area (Å²) < 4.78 is 0. The Morgan fingerprint density at radius 3 is 1.94 bits per heavy atom. The summed E-state index contributed by atoms with van der Waals surface area (Å²) in [5.74, 6) is 0.735. The van der Waals surface area contributed by atoms with Crippen LogP contribution in [0.5, 0.6) is 0 Å². The molecular weight excluding hydrogens is 234 g/mol. The minimum Gasteiger partial charge on any atom is -0.211 e. The summed E-state index contributed by atoms with van der Waals surface area (Å²) in [5, 5.41) is 0. The van der Waals surface area contributed by atoms with Crippen LogP contribution in [0.2, 0.25) is 0 Å². The van der Waals surface area contributed by atoms with Gasteiger partial charge in [0, 0.05) is 0 Å². The van der Waals surface area contributed by atoms with E-state index in [9.17, 15) is 14.4 Å². The second-order valence-corrected chi connectivity index (χ2v) is 4.50. The quantitative estimate of drug-likeness (QED) is 0.520. The Balaban J connectivity index is 2.61. The molecule has 6 heteroatoms. The van der Waals surface area contributed by atoms with Crippen LogP contribution in [-0.2, 0) is 14.4 Å². The molecule has 1 aliphatic carbocycles. The smallest absolute Gasteiger partial charge is 0.211 e. The zero-order valence-electron chi connectivity index (χ0n) is 10.0. The molecule has 0 aliphatic heterocycles. The lowest BCUT2D eigenvalue weighted by molar-refractivity contribution is 0.194. The van der Waals surface area contributed by atoms with Crippen LogP contribution < -0.4 is 0 Å². The van der Waals surface area contributed by atoms with Gasteiger partial charge in [-0.3, -0.25) is 0 Å². The van der Waals surface area contributed by atoms with Crippen LogP contribution >= 0.6 is 0 Å². The van der Waals surface area contributed by atoms with Gasteiger partial charge in [0.25, 0.3) is 0 Å². The third-order valence-electron chi connectivity index (χ3n) is 3.44. The number of hydrogen-bond acceptors (Lipinski definition) is 6. The van der Waals surface area contributed by atoms with E-state index in [1.807, 2.05) is 0 Å². The molecule has 3 atom stereocenters. The van der Waals surface area contributed by atoms with Crippen LogP contribution in [-0.4, -0.2) is 37.9 Å². The van der Waals surface area contributed by atoms with Crippen molar-refractivity contribution in [1.29, 1.82) is 0 Å². The third kappa shape index (κ3) is 4.56. The highest BCUT2D eigenvalue weighted by atomic mass is 16.1. The first kappa shape index (κ1) is 14.2. The minimum atomic E-state index is 0.184. The van der Waals surface area contributed by atoms with E-state index in [0.29, 0.717) is 25.6 Å². The summed E-state index contributed by atoms with van der Waals surface area (Å²) in [4.78, 5) is 41.2. The fourth-order valence-electron chi connectivity index (χ4n) is 2.53. The van der Waals surface area contributed by atoms with E-state index in [0.717, 1.165) is 19.3 Å². The Hall–Kier alpha value is -1.86. The fraction of sp³-hybridized carbons (Fsp3) is 0.750. The molecule has 0 aromatic heterocycles. The lowest BCUT2D eigenvalue weighted by atomic mass is 9.74. The molecule has 96 valence electrons. The molecule has 6 nitrogen and oxygen atoms in total. The molecule has 1 rings (SSSR count). The maximum atomic E-state index is 10.2. The van der Waals surface area contributed by atoms with Crippen molar-refractivity contribution < 1.29 is 14.4 Å². The highest BCUT2D eigenvalue weighted by molar-refractivity contribution is 5.33. The van der Waals surface area contributed by atoms with Crippen LogP contribution in [0.1, 0.15) is 19.3 Å². The first-order valence-electron chi connectivity index (χ1n) is 5.92. The molecule has 18 heavy (non-hydrogen) atoms. The zero-order chi connectivity index (χ0) is 13.2. The Labute approximate surface area is 105 Å². The fourth-order valence-corrected chi connectivity index (χ4v) is 2.53. The highest BCUT2D eigenvalue weighted by Crippen LogP contribution is 2.34. The van der Waals surface area contributed by atoms with Crippen molar-refractivity contribution in [2.75, 3.05) is 19.6 Å². The molecule has 0 spiro atoms. The maximum Gasteiger partial charge on any atom is 0.234 e. The molecule has 0 aromatic carbocycles. The van der Waals surface area contributed by atoms with Crippen molar-refractivity contribution in [3.8, 4) is 0 Å². The molecule has 0 N–H and O–H groups in total. The predicted molar refractivity (Wildman–Crippen MR) is 63.3 cm³/mol. The van der Waals surface area contributed by atoms with Crippen molar-refractivity contribution in [3.63, 3.8) is 0 Å². The Morgan fingerprint density at radius 2 is 1.33 bits per heavy atom. The Bertz CT molecular complexity index is 405. The van der Waals surface area contributed by atoms with Gasteiger partial charge in [0.05, 0.1) is 19.6 Å². The summed E-state index contributed by atoms with van der Waals surface area (Å²) in [6.07, 6.45) is 7.26. The second-order valence-electron chi connectivity index (χ2n) is 4.50. The van der Waals surface area contributed by atoms with Crippen LogP contribution in [0.15, 0.2) is 15.0 Å². The Kier molecular flexibility index (Phi) is 6.52. The predicted octanol–water partition coefficient (Wildman–Crippen LogP) is 1.03. The van der Waals surface area contributed by atoms with E-state index in [-0.39, 0.29) is 11.8 Å². The van der Waals surface area contributed by atoms with E-state index < -0.39 is 0 Å². The van der Waals surface area contributed by atoms with Crippen molar-refractivity contribution >= 4 is 18.2 Å². The largest absolute Gasteiger partial charge is 0.234 e. The van der Waals surface area contributed by atoms with Gasteiger partial charge in [-0.1, -0.05) is 0 Å². The van der Waals surface area contributed by atoms with Gasteiger partial charge in [0.1, 0.15) is 0 Å². The molecular formula is C12H15N3O3. The number of carbonyl (C=O) groups excluding carboxylic acids is 3. The monoisotopic (exact) mass is 249 g/mol. The summed E-state index contributed by atoms with van der Waals surface area (Å²) in [6, 6.07) is 0. The second kappa shape index (κ2) is 8.26. The number of isocyanates is 3. The van der Waals surface area contributed by atoms with Gasteiger partial charge >= 0.3 is 0 Å².